The van der Waals surface area contributed by atoms with Crippen molar-refractivity contribution in [3.8, 4) is 0 Å². The van der Waals surface area contributed by atoms with Gasteiger partial charge in [-0.1, -0.05) is 0 Å². The summed E-state index contributed by atoms with van der Waals surface area (Å²) >= 11 is 0. The molecule has 1 N–H and O–H groups in total. The van der Waals surface area contributed by atoms with Gasteiger partial charge in [-0.05, 0) is 37.1 Å². The molecular formula is C13H15F2NO4S. The maximum absolute atomic E-state index is 13.4. The Balaban J connectivity index is 2.24. The summed E-state index contributed by atoms with van der Waals surface area (Å²) in [5.74, 6) is -3.15. The van der Waals surface area contributed by atoms with E-state index in [1.165, 1.54) is 12.1 Å². The first-order chi connectivity index (χ1) is 9.71. The van der Waals surface area contributed by atoms with Crippen LogP contribution in [-0.4, -0.2) is 43.1 Å². The number of hydrogen-bond donors (Lipinski definition) is 1. The lowest BCUT2D eigenvalue weighted by Gasteiger charge is -2.17. The molecule has 0 saturated carbocycles. The molecule has 1 saturated heterocycles. The quantitative estimate of drug-likeness (QED) is 0.914. The minimum absolute atomic E-state index is 0.0241. The van der Waals surface area contributed by atoms with Crippen molar-refractivity contribution >= 4 is 16.0 Å². The first-order valence-electron chi connectivity index (χ1n) is 6.36. The standard InChI is InChI=1S/C13H15F2NO4S/c1-8-4-10(14)6-11(5-8)21(19,20)16-3-2-9(7-16)12(15)13(17)18/h4-6,9,12H,2-3,7H2,1H3,(H,17,18). The number of rotatable bonds is 4. The molecule has 1 aliphatic heterocycles. The van der Waals surface area contributed by atoms with Gasteiger partial charge in [-0.3, -0.25) is 0 Å². The van der Waals surface area contributed by atoms with Crippen molar-refractivity contribution in [3.63, 3.8) is 0 Å². The number of hydrogen-bond acceptors (Lipinski definition) is 3. The van der Waals surface area contributed by atoms with Gasteiger partial charge in [0.25, 0.3) is 0 Å². The van der Waals surface area contributed by atoms with Gasteiger partial charge in [0.15, 0.2) is 0 Å². The van der Waals surface area contributed by atoms with Gasteiger partial charge in [-0.25, -0.2) is 22.0 Å². The molecule has 5 nitrogen and oxygen atoms in total. The van der Waals surface area contributed by atoms with E-state index in [9.17, 15) is 22.0 Å². The van der Waals surface area contributed by atoms with E-state index in [-0.39, 0.29) is 24.4 Å². The molecule has 1 aliphatic rings. The Morgan fingerprint density at radius 2 is 2.10 bits per heavy atom. The van der Waals surface area contributed by atoms with Crippen molar-refractivity contribution in [2.75, 3.05) is 13.1 Å². The molecule has 0 spiro atoms. The van der Waals surface area contributed by atoms with E-state index in [1.807, 2.05) is 0 Å². The average Bonchev–Trinajstić information content (AvgIpc) is 2.86. The van der Waals surface area contributed by atoms with Gasteiger partial charge in [0.2, 0.25) is 16.2 Å². The molecule has 21 heavy (non-hydrogen) atoms. The molecule has 0 aliphatic carbocycles. The van der Waals surface area contributed by atoms with Gasteiger partial charge in [0.1, 0.15) is 5.82 Å². The highest BCUT2D eigenvalue weighted by molar-refractivity contribution is 7.89. The molecule has 1 aromatic rings. The van der Waals surface area contributed by atoms with Gasteiger partial charge >= 0.3 is 5.97 Å². The second kappa shape index (κ2) is 5.69. The number of carbonyl (C=O) groups is 1. The molecule has 1 fully saturated rings. The number of halogens is 2. The monoisotopic (exact) mass is 319 g/mol. The fourth-order valence-electron chi connectivity index (χ4n) is 2.41. The molecule has 0 amide bonds. The minimum atomic E-state index is -3.94. The summed E-state index contributed by atoms with van der Waals surface area (Å²) in [4.78, 5) is 10.4. The van der Waals surface area contributed by atoms with Crippen molar-refractivity contribution < 1.29 is 27.1 Å². The molecule has 116 valence electrons. The summed E-state index contributed by atoms with van der Waals surface area (Å²) in [6, 6.07) is 3.43. The number of aryl methyl sites for hydroxylation is 1. The van der Waals surface area contributed by atoms with Crippen LogP contribution in [0, 0.1) is 18.7 Å². The fraction of sp³-hybridized carbons (Fsp3) is 0.462. The minimum Gasteiger partial charge on any atom is -0.479 e. The van der Waals surface area contributed by atoms with Crippen LogP contribution in [0.5, 0.6) is 0 Å². The van der Waals surface area contributed by atoms with Crippen molar-refractivity contribution in [2.45, 2.75) is 24.4 Å². The molecule has 2 rings (SSSR count). The highest BCUT2D eigenvalue weighted by Gasteiger charge is 2.39. The van der Waals surface area contributed by atoms with Gasteiger partial charge < -0.3 is 5.11 Å². The number of carboxylic acid groups (broad SMARTS) is 1. The Hall–Kier alpha value is -1.54. The zero-order valence-corrected chi connectivity index (χ0v) is 12.1. The van der Waals surface area contributed by atoms with E-state index in [0.717, 1.165) is 10.4 Å². The van der Waals surface area contributed by atoms with E-state index >= 15 is 0 Å². The van der Waals surface area contributed by atoms with Crippen molar-refractivity contribution in [1.82, 2.24) is 4.31 Å². The highest BCUT2D eigenvalue weighted by Crippen LogP contribution is 2.28. The Kier molecular flexibility index (Phi) is 4.29. The van der Waals surface area contributed by atoms with Crippen LogP contribution < -0.4 is 0 Å². The smallest absolute Gasteiger partial charge is 0.338 e. The Morgan fingerprint density at radius 1 is 1.43 bits per heavy atom. The zero-order chi connectivity index (χ0) is 15.8. The normalized spacial score (nSPS) is 21.4. The van der Waals surface area contributed by atoms with Crippen LogP contribution in [-0.2, 0) is 14.8 Å². The molecule has 1 heterocycles. The topological polar surface area (TPSA) is 74.7 Å². The van der Waals surface area contributed by atoms with Crippen LogP contribution in [0.15, 0.2) is 23.1 Å². The Morgan fingerprint density at radius 3 is 2.67 bits per heavy atom. The maximum Gasteiger partial charge on any atom is 0.338 e. The van der Waals surface area contributed by atoms with Gasteiger partial charge in [0, 0.05) is 19.0 Å². The molecule has 0 radical (unpaired) electrons. The number of carboxylic acids is 1. The molecule has 1 aromatic carbocycles. The van der Waals surface area contributed by atoms with Crippen LogP contribution in [0.4, 0.5) is 8.78 Å². The molecular weight excluding hydrogens is 304 g/mol. The molecule has 0 aromatic heterocycles. The lowest BCUT2D eigenvalue weighted by atomic mass is 10.0. The van der Waals surface area contributed by atoms with Gasteiger partial charge in [0.05, 0.1) is 4.90 Å². The third-order valence-corrected chi connectivity index (χ3v) is 5.33. The van der Waals surface area contributed by atoms with E-state index in [4.69, 9.17) is 5.11 Å². The summed E-state index contributed by atoms with van der Waals surface area (Å²) in [7, 11) is -3.94. The number of aliphatic carboxylic acids is 1. The van der Waals surface area contributed by atoms with Crippen molar-refractivity contribution in [3.05, 3.63) is 29.6 Å². The molecule has 2 unspecified atom stereocenters. The summed E-state index contributed by atoms with van der Waals surface area (Å²) in [5, 5.41) is 8.63. The average molecular weight is 319 g/mol. The second-order valence-corrected chi connectivity index (χ2v) is 7.05. The third kappa shape index (κ3) is 3.21. The van der Waals surface area contributed by atoms with Crippen LogP contribution >= 0.6 is 0 Å². The largest absolute Gasteiger partial charge is 0.479 e. The maximum atomic E-state index is 13.4. The first-order valence-corrected chi connectivity index (χ1v) is 7.80. The van der Waals surface area contributed by atoms with Crippen LogP contribution in [0.25, 0.3) is 0 Å². The van der Waals surface area contributed by atoms with Crippen LogP contribution in [0.3, 0.4) is 0 Å². The number of nitrogens with zero attached hydrogens (tertiary/aromatic N) is 1. The van der Waals surface area contributed by atoms with E-state index in [1.54, 1.807) is 6.92 Å². The Bertz CT molecular complexity index is 642. The van der Waals surface area contributed by atoms with E-state index in [2.05, 4.69) is 0 Å². The van der Waals surface area contributed by atoms with Crippen molar-refractivity contribution in [2.24, 2.45) is 5.92 Å². The summed E-state index contributed by atoms with van der Waals surface area (Å²) in [6.07, 6.45) is -1.97. The third-order valence-electron chi connectivity index (χ3n) is 3.49. The zero-order valence-electron chi connectivity index (χ0n) is 11.3. The molecule has 0 bridgehead atoms. The summed E-state index contributed by atoms with van der Waals surface area (Å²) in [6.45, 7) is 1.37. The lowest BCUT2D eigenvalue weighted by Crippen LogP contribution is -2.32. The second-order valence-electron chi connectivity index (χ2n) is 5.12. The van der Waals surface area contributed by atoms with Crippen LogP contribution in [0.1, 0.15) is 12.0 Å². The summed E-state index contributed by atoms with van der Waals surface area (Å²) < 4.78 is 52.5. The lowest BCUT2D eigenvalue weighted by molar-refractivity contribution is -0.144. The van der Waals surface area contributed by atoms with E-state index in [0.29, 0.717) is 5.56 Å². The highest BCUT2D eigenvalue weighted by atomic mass is 32.2. The number of benzene rings is 1. The fourth-order valence-corrected chi connectivity index (χ4v) is 4.04. The molecule has 2 atom stereocenters. The predicted octanol–water partition coefficient (Wildman–Crippen LogP) is 1.57. The van der Waals surface area contributed by atoms with Crippen molar-refractivity contribution in [1.29, 1.82) is 0 Å². The van der Waals surface area contributed by atoms with Gasteiger partial charge in [-0.15, -0.1) is 0 Å². The van der Waals surface area contributed by atoms with Gasteiger partial charge in [-0.2, -0.15) is 4.31 Å². The Labute approximate surface area is 121 Å². The predicted molar refractivity (Wildman–Crippen MR) is 70.5 cm³/mol. The number of sulfonamides is 1. The van der Waals surface area contributed by atoms with Crippen LogP contribution in [0.2, 0.25) is 0 Å². The summed E-state index contributed by atoms with van der Waals surface area (Å²) in [5.41, 5.74) is 0.457. The number of alkyl halides is 1. The molecule has 8 heteroatoms. The first kappa shape index (κ1) is 15.8. The van der Waals surface area contributed by atoms with E-state index < -0.39 is 33.9 Å². The SMILES string of the molecule is Cc1cc(F)cc(S(=O)(=O)N2CCC(C(F)C(=O)O)C2)c1.